The van der Waals surface area contributed by atoms with Gasteiger partial charge < -0.3 is 5.11 Å². The normalized spacial score (nSPS) is 13.1. The molecule has 0 saturated carbocycles. The number of aromatic nitrogens is 1. The Morgan fingerprint density at radius 2 is 2.18 bits per heavy atom. The molecule has 1 atom stereocenters. The van der Waals surface area contributed by atoms with E-state index in [4.69, 9.17) is 11.6 Å². The summed E-state index contributed by atoms with van der Waals surface area (Å²) in [4.78, 5) is 4.00. The molecule has 1 heterocycles. The van der Waals surface area contributed by atoms with Crippen LogP contribution in [0.15, 0.2) is 12.1 Å². The van der Waals surface area contributed by atoms with E-state index in [0.717, 1.165) is 11.3 Å². The lowest BCUT2D eigenvalue weighted by atomic mass is 10.1. The first-order valence-corrected chi connectivity index (χ1v) is 3.80. The van der Waals surface area contributed by atoms with Crippen molar-refractivity contribution in [1.29, 1.82) is 0 Å². The fraction of sp³-hybridized carbons (Fsp3) is 0.375. The molecule has 0 aliphatic rings. The van der Waals surface area contributed by atoms with Crippen LogP contribution in [-0.4, -0.2) is 10.1 Å². The monoisotopic (exact) mass is 171 g/mol. The fourth-order valence-corrected chi connectivity index (χ4v) is 1.17. The minimum Gasteiger partial charge on any atom is -0.389 e. The summed E-state index contributed by atoms with van der Waals surface area (Å²) < 4.78 is 0. The Morgan fingerprint density at radius 1 is 1.55 bits per heavy atom. The van der Waals surface area contributed by atoms with Crippen LogP contribution in [0, 0.1) is 6.92 Å². The van der Waals surface area contributed by atoms with Gasteiger partial charge in [-0.2, -0.15) is 0 Å². The second-order valence-electron chi connectivity index (χ2n) is 2.48. The van der Waals surface area contributed by atoms with Crippen LogP contribution in [0.5, 0.6) is 0 Å². The summed E-state index contributed by atoms with van der Waals surface area (Å²) in [5.41, 5.74) is 1.61. The van der Waals surface area contributed by atoms with Gasteiger partial charge in [0.1, 0.15) is 5.15 Å². The molecule has 0 spiro atoms. The third-order valence-corrected chi connectivity index (χ3v) is 1.75. The zero-order valence-electron chi connectivity index (χ0n) is 6.50. The van der Waals surface area contributed by atoms with E-state index in [1.807, 2.05) is 6.92 Å². The molecule has 0 aliphatic heterocycles. The predicted molar refractivity (Wildman–Crippen MR) is 44.6 cm³/mol. The number of aryl methyl sites for hydroxylation is 1. The van der Waals surface area contributed by atoms with Gasteiger partial charge in [-0.15, -0.1) is 0 Å². The summed E-state index contributed by atoms with van der Waals surface area (Å²) in [5.74, 6) is 0. The average molecular weight is 172 g/mol. The van der Waals surface area contributed by atoms with Crippen molar-refractivity contribution in [2.75, 3.05) is 0 Å². The largest absolute Gasteiger partial charge is 0.389 e. The lowest BCUT2D eigenvalue weighted by Gasteiger charge is -2.06. The molecule has 1 aromatic rings. The third kappa shape index (κ3) is 1.91. The van der Waals surface area contributed by atoms with Crippen LogP contribution in [0.2, 0.25) is 5.15 Å². The molecule has 1 N–H and O–H groups in total. The molecule has 60 valence electrons. The van der Waals surface area contributed by atoms with Crippen molar-refractivity contribution in [3.8, 4) is 0 Å². The topological polar surface area (TPSA) is 33.1 Å². The molecule has 0 unspecified atom stereocenters. The smallest absolute Gasteiger partial charge is 0.129 e. The molecule has 1 aromatic heterocycles. The van der Waals surface area contributed by atoms with Gasteiger partial charge in [0.25, 0.3) is 0 Å². The lowest BCUT2D eigenvalue weighted by molar-refractivity contribution is 0.198. The molecular formula is C8H10ClNO. The van der Waals surface area contributed by atoms with E-state index in [2.05, 4.69) is 4.98 Å². The third-order valence-electron chi connectivity index (χ3n) is 1.54. The molecule has 0 saturated heterocycles. The maximum Gasteiger partial charge on any atom is 0.129 e. The number of hydrogen-bond acceptors (Lipinski definition) is 2. The molecule has 0 radical (unpaired) electrons. The molecule has 0 aliphatic carbocycles. The van der Waals surface area contributed by atoms with E-state index in [-0.39, 0.29) is 0 Å². The first-order chi connectivity index (χ1) is 5.11. The highest BCUT2D eigenvalue weighted by Crippen LogP contribution is 2.17. The van der Waals surface area contributed by atoms with Gasteiger partial charge in [-0.05, 0) is 19.9 Å². The molecule has 0 fully saturated rings. The summed E-state index contributed by atoms with van der Waals surface area (Å²) in [7, 11) is 0. The Hall–Kier alpha value is -0.600. The number of aliphatic hydroxyl groups excluding tert-OH is 1. The van der Waals surface area contributed by atoms with Gasteiger partial charge in [-0.3, -0.25) is 0 Å². The maximum absolute atomic E-state index is 9.21. The Kier molecular flexibility index (Phi) is 2.47. The maximum atomic E-state index is 9.21. The average Bonchev–Trinajstić information content (AvgIpc) is 1.85. The van der Waals surface area contributed by atoms with Gasteiger partial charge >= 0.3 is 0 Å². The van der Waals surface area contributed by atoms with E-state index in [0.29, 0.717) is 5.15 Å². The summed E-state index contributed by atoms with van der Waals surface area (Å²) >= 11 is 5.63. The van der Waals surface area contributed by atoms with Crippen molar-refractivity contribution in [2.24, 2.45) is 0 Å². The van der Waals surface area contributed by atoms with Gasteiger partial charge in [0.15, 0.2) is 0 Å². The molecular weight excluding hydrogens is 162 g/mol. The molecule has 0 bridgehead atoms. The zero-order chi connectivity index (χ0) is 8.43. The quantitative estimate of drug-likeness (QED) is 0.657. The Balaban J connectivity index is 3.09. The minimum atomic E-state index is -0.472. The van der Waals surface area contributed by atoms with Gasteiger partial charge in [0.2, 0.25) is 0 Å². The van der Waals surface area contributed by atoms with E-state index in [9.17, 15) is 5.11 Å². The Labute approximate surface area is 70.8 Å². The van der Waals surface area contributed by atoms with Crippen molar-refractivity contribution in [3.63, 3.8) is 0 Å². The fourth-order valence-electron chi connectivity index (χ4n) is 0.983. The molecule has 0 aromatic carbocycles. The Bertz CT molecular complexity index is 260. The van der Waals surface area contributed by atoms with E-state index in [1.165, 1.54) is 0 Å². The highest BCUT2D eigenvalue weighted by molar-refractivity contribution is 6.29. The Morgan fingerprint density at radius 3 is 2.64 bits per heavy atom. The number of nitrogens with zero attached hydrogens (tertiary/aromatic N) is 1. The number of halogens is 1. The highest BCUT2D eigenvalue weighted by atomic mass is 35.5. The van der Waals surface area contributed by atoms with Gasteiger partial charge in [-0.25, -0.2) is 4.98 Å². The zero-order valence-corrected chi connectivity index (χ0v) is 7.26. The van der Waals surface area contributed by atoms with Crippen LogP contribution in [-0.2, 0) is 0 Å². The first-order valence-electron chi connectivity index (χ1n) is 3.42. The van der Waals surface area contributed by atoms with Gasteiger partial charge in [0, 0.05) is 11.3 Å². The number of aliphatic hydroxyl groups is 1. The van der Waals surface area contributed by atoms with E-state index < -0.39 is 6.10 Å². The minimum absolute atomic E-state index is 0.465. The second-order valence-corrected chi connectivity index (χ2v) is 2.87. The van der Waals surface area contributed by atoms with Gasteiger partial charge in [-0.1, -0.05) is 17.7 Å². The summed E-state index contributed by atoms with van der Waals surface area (Å²) in [6, 6.07) is 3.46. The summed E-state index contributed by atoms with van der Waals surface area (Å²) in [5, 5.41) is 9.68. The molecule has 0 amide bonds. The predicted octanol–water partition coefficient (Wildman–Crippen LogP) is 2.10. The standard InChI is InChI=1S/C8H10ClNO/c1-5-7(6(2)11)3-4-8(9)10-5/h3-4,6,11H,1-2H3/t6-/m1/s1. The highest BCUT2D eigenvalue weighted by Gasteiger charge is 2.04. The van der Waals surface area contributed by atoms with Crippen molar-refractivity contribution in [1.82, 2.24) is 4.98 Å². The summed E-state index contributed by atoms with van der Waals surface area (Å²) in [6.45, 7) is 3.53. The van der Waals surface area contributed by atoms with E-state index >= 15 is 0 Å². The van der Waals surface area contributed by atoms with Crippen LogP contribution in [0.25, 0.3) is 0 Å². The van der Waals surface area contributed by atoms with Crippen LogP contribution < -0.4 is 0 Å². The molecule has 2 nitrogen and oxygen atoms in total. The number of hydrogen-bond donors (Lipinski definition) is 1. The van der Waals surface area contributed by atoms with Crippen LogP contribution >= 0.6 is 11.6 Å². The molecule has 3 heteroatoms. The van der Waals surface area contributed by atoms with Crippen LogP contribution in [0.4, 0.5) is 0 Å². The molecule has 11 heavy (non-hydrogen) atoms. The van der Waals surface area contributed by atoms with E-state index in [1.54, 1.807) is 19.1 Å². The molecule has 1 rings (SSSR count). The number of pyridine rings is 1. The van der Waals surface area contributed by atoms with Gasteiger partial charge in [0.05, 0.1) is 6.10 Å². The van der Waals surface area contributed by atoms with Crippen molar-refractivity contribution < 1.29 is 5.11 Å². The van der Waals surface area contributed by atoms with Crippen LogP contribution in [0.3, 0.4) is 0 Å². The summed E-state index contributed by atoms with van der Waals surface area (Å²) in [6.07, 6.45) is -0.472. The first kappa shape index (κ1) is 8.50. The van der Waals surface area contributed by atoms with Crippen LogP contribution in [0.1, 0.15) is 24.3 Å². The lowest BCUT2D eigenvalue weighted by Crippen LogP contribution is -1.96. The van der Waals surface area contributed by atoms with Crippen molar-refractivity contribution in [3.05, 3.63) is 28.5 Å². The second kappa shape index (κ2) is 3.20. The van der Waals surface area contributed by atoms with Crippen molar-refractivity contribution >= 4 is 11.6 Å². The SMILES string of the molecule is Cc1nc(Cl)ccc1[C@@H](C)O. The number of rotatable bonds is 1. The van der Waals surface area contributed by atoms with Crippen molar-refractivity contribution in [2.45, 2.75) is 20.0 Å².